The van der Waals surface area contributed by atoms with Crippen LogP contribution in [0.5, 0.6) is 0 Å². The Hall–Kier alpha value is -0.0357. The van der Waals surface area contributed by atoms with Crippen LogP contribution in [0, 0.1) is 17.2 Å². The van der Waals surface area contributed by atoms with Crippen LogP contribution >= 0.6 is 11.6 Å². The van der Waals surface area contributed by atoms with Gasteiger partial charge in [0, 0.05) is 33.6 Å². The molecule has 0 aromatic heterocycles. The Bertz CT molecular complexity index is 224. The Morgan fingerprint density at radius 3 is 1.38 bits per heavy atom. The molecule has 65 valence electrons. The van der Waals surface area contributed by atoms with Crippen LogP contribution in [-0.4, -0.2) is 0 Å². The molecule has 0 N–H and O–H groups in total. The van der Waals surface area contributed by atoms with Gasteiger partial charge in [0.2, 0.25) is 0 Å². The fraction of sp³-hybridized carbons (Fsp3) is 0.182. The summed E-state index contributed by atoms with van der Waals surface area (Å²) < 4.78 is 0. The van der Waals surface area contributed by atoms with Crippen molar-refractivity contribution in [2.24, 2.45) is 11.8 Å². The third kappa shape index (κ3) is 2.46. The monoisotopic (exact) mass is 225 g/mol. The molecule has 0 saturated carbocycles. The predicted molar refractivity (Wildman–Crippen MR) is 52.6 cm³/mol. The Kier molecular flexibility index (Phi) is 4.24. The minimum absolute atomic E-state index is 0. The van der Waals surface area contributed by atoms with Gasteiger partial charge in [-0.3, -0.25) is 0 Å². The number of hydrogen-bond acceptors (Lipinski definition) is 0. The number of rotatable bonds is 2. The van der Waals surface area contributed by atoms with Crippen molar-refractivity contribution in [1.29, 1.82) is 0 Å². The normalized spacial score (nSPS) is 20.5. The van der Waals surface area contributed by atoms with Gasteiger partial charge >= 0.3 is 0 Å². The molecule has 2 rings (SSSR count). The average Bonchev–Trinajstić information content (AvgIpc) is 2.77. The zero-order valence-corrected chi connectivity index (χ0v) is 9.47. The topological polar surface area (TPSA) is 0 Å². The third-order valence-corrected chi connectivity index (χ3v) is 2.64. The molecule has 0 aliphatic heterocycles. The van der Waals surface area contributed by atoms with Gasteiger partial charge in [-0.2, -0.15) is 0 Å². The van der Waals surface area contributed by atoms with Gasteiger partial charge < -0.3 is 0 Å². The summed E-state index contributed by atoms with van der Waals surface area (Å²) in [5, 5.41) is 0.991. The number of halogens is 1. The van der Waals surface area contributed by atoms with E-state index in [4.69, 9.17) is 11.6 Å². The average molecular weight is 226 g/mol. The number of hydrogen-bond donors (Lipinski definition) is 0. The van der Waals surface area contributed by atoms with Crippen molar-refractivity contribution in [2.75, 3.05) is 0 Å². The zero-order valence-electron chi connectivity index (χ0n) is 7.15. The largest absolute Gasteiger partial charge is 0.115 e. The molecular weight excluding hydrogens is 215 g/mol. The molecule has 0 heterocycles. The van der Waals surface area contributed by atoms with E-state index in [1.165, 1.54) is 0 Å². The SMILES string of the molecule is Cl[C](C1C=CC=C1)C1C=CC=C1.[Ti]. The molecule has 0 atom stereocenters. The van der Waals surface area contributed by atoms with E-state index >= 15 is 0 Å². The first-order valence-electron chi connectivity index (χ1n) is 4.10. The smallest absolute Gasteiger partial charge is 0.0849 e. The van der Waals surface area contributed by atoms with Crippen molar-refractivity contribution in [3.8, 4) is 0 Å². The van der Waals surface area contributed by atoms with E-state index in [0.29, 0.717) is 11.8 Å². The van der Waals surface area contributed by atoms with Gasteiger partial charge in [0.15, 0.2) is 0 Å². The molecule has 0 aromatic carbocycles. The molecule has 0 amide bonds. The molecule has 13 heavy (non-hydrogen) atoms. The van der Waals surface area contributed by atoms with E-state index in [9.17, 15) is 0 Å². The van der Waals surface area contributed by atoms with Crippen LogP contribution < -0.4 is 0 Å². The van der Waals surface area contributed by atoms with Crippen molar-refractivity contribution < 1.29 is 21.7 Å². The van der Waals surface area contributed by atoms with Gasteiger partial charge in [-0.15, -0.1) is 11.6 Å². The Balaban J connectivity index is 0.000000845. The second-order valence-electron chi connectivity index (χ2n) is 2.98. The summed E-state index contributed by atoms with van der Waals surface area (Å²) >= 11 is 6.21. The molecule has 0 spiro atoms. The summed E-state index contributed by atoms with van der Waals surface area (Å²) in [6, 6.07) is 0. The fourth-order valence-electron chi connectivity index (χ4n) is 1.45. The fourth-order valence-corrected chi connectivity index (χ4v) is 1.74. The summed E-state index contributed by atoms with van der Waals surface area (Å²) in [5.41, 5.74) is 0. The van der Waals surface area contributed by atoms with Crippen molar-refractivity contribution in [1.82, 2.24) is 0 Å². The second kappa shape index (κ2) is 5.00. The van der Waals surface area contributed by atoms with E-state index < -0.39 is 0 Å². The first-order valence-corrected chi connectivity index (χ1v) is 4.48. The molecule has 0 aromatic rings. The summed E-state index contributed by atoms with van der Waals surface area (Å²) in [6.07, 6.45) is 16.6. The Labute approximate surface area is 98.9 Å². The first-order chi connectivity index (χ1) is 5.88. The molecule has 1 radical (unpaired) electrons. The summed E-state index contributed by atoms with van der Waals surface area (Å²) in [6.45, 7) is 0. The summed E-state index contributed by atoms with van der Waals surface area (Å²) in [5.74, 6) is 0.646. The second-order valence-corrected chi connectivity index (χ2v) is 3.41. The van der Waals surface area contributed by atoms with Crippen LogP contribution in [-0.2, 0) is 21.7 Å². The van der Waals surface area contributed by atoms with Gasteiger partial charge in [0.1, 0.15) is 0 Å². The number of allylic oxidation sites excluding steroid dienone is 8. The Morgan fingerprint density at radius 2 is 1.08 bits per heavy atom. The molecule has 0 saturated heterocycles. The molecule has 0 unspecified atom stereocenters. The summed E-state index contributed by atoms with van der Waals surface area (Å²) in [4.78, 5) is 0. The molecule has 0 bridgehead atoms. The minimum Gasteiger partial charge on any atom is -0.115 e. The van der Waals surface area contributed by atoms with Crippen molar-refractivity contribution in [3.63, 3.8) is 0 Å². The van der Waals surface area contributed by atoms with E-state index in [-0.39, 0.29) is 21.7 Å². The van der Waals surface area contributed by atoms with E-state index in [0.717, 1.165) is 5.38 Å². The van der Waals surface area contributed by atoms with Crippen molar-refractivity contribution in [2.45, 2.75) is 0 Å². The van der Waals surface area contributed by atoms with Crippen LogP contribution in [0.15, 0.2) is 48.6 Å². The quantitative estimate of drug-likeness (QED) is 0.633. The molecule has 2 aliphatic carbocycles. The minimum atomic E-state index is 0. The maximum Gasteiger partial charge on any atom is 0.0849 e. The van der Waals surface area contributed by atoms with Gasteiger partial charge in [-0.25, -0.2) is 0 Å². The molecular formula is C11H10ClTi. The van der Waals surface area contributed by atoms with Crippen LogP contribution in [0.4, 0.5) is 0 Å². The Morgan fingerprint density at radius 1 is 0.769 bits per heavy atom. The van der Waals surface area contributed by atoms with Crippen molar-refractivity contribution >= 4 is 11.6 Å². The predicted octanol–water partition coefficient (Wildman–Crippen LogP) is 3.24. The third-order valence-electron chi connectivity index (χ3n) is 2.13. The first kappa shape index (κ1) is 11.0. The van der Waals surface area contributed by atoms with Gasteiger partial charge in [-0.1, -0.05) is 48.6 Å². The van der Waals surface area contributed by atoms with Crippen LogP contribution in [0.1, 0.15) is 0 Å². The molecule has 0 fully saturated rings. The van der Waals surface area contributed by atoms with E-state index in [1.54, 1.807) is 0 Å². The van der Waals surface area contributed by atoms with Crippen molar-refractivity contribution in [3.05, 3.63) is 54.0 Å². The van der Waals surface area contributed by atoms with Crippen LogP contribution in [0.25, 0.3) is 0 Å². The maximum absolute atomic E-state index is 6.21. The van der Waals surface area contributed by atoms with Gasteiger partial charge in [0.05, 0.1) is 5.38 Å². The maximum atomic E-state index is 6.21. The summed E-state index contributed by atoms with van der Waals surface area (Å²) in [7, 11) is 0. The van der Waals surface area contributed by atoms with Gasteiger partial charge in [0.25, 0.3) is 0 Å². The standard InChI is InChI=1S/C11H10Cl.Ti/c12-11(9-5-1-2-6-9)10-7-3-4-8-10;/h1-10H;. The van der Waals surface area contributed by atoms with Crippen LogP contribution in [0.3, 0.4) is 0 Å². The van der Waals surface area contributed by atoms with E-state index in [1.807, 2.05) is 24.3 Å². The van der Waals surface area contributed by atoms with Gasteiger partial charge in [-0.05, 0) is 0 Å². The molecule has 2 heteroatoms. The molecule has 0 nitrogen and oxygen atoms in total. The molecule has 2 aliphatic rings. The zero-order chi connectivity index (χ0) is 8.39. The van der Waals surface area contributed by atoms with Crippen LogP contribution in [0.2, 0.25) is 0 Å². The van der Waals surface area contributed by atoms with E-state index in [2.05, 4.69) is 24.3 Å².